The molecule has 0 radical (unpaired) electrons. The van der Waals surface area contributed by atoms with Gasteiger partial charge in [-0.2, -0.15) is 0 Å². The summed E-state index contributed by atoms with van der Waals surface area (Å²) in [5.74, 6) is 0.0492. The zero-order valence-corrected chi connectivity index (χ0v) is 11.8. The first-order chi connectivity index (χ1) is 8.96. The summed E-state index contributed by atoms with van der Waals surface area (Å²) in [5, 5.41) is 2.89. The number of hydrogen-bond donors (Lipinski definition) is 2. The van der Waals surface area contributed by atoms with Crippen LogP contribution in [0, 0.1) is 0 Å². The van der Waals surface area contributed by atoms with Crippen LogP contribution in [0.3, 0.4) is 0 Å². The summed E-state index contributed by atoms with van der Waals surface area (Å²) < 4.78 is 0. The van der Waals surface area contributed by atoms with Gasteiger partial charge in [0.15, 0.2) is 0 Å². The number of rotatable bonds is 3. The van der Waals surface area contributed by atoms with Crippen LogP contribution < -0.4 is 16.0 Å². The number of carbonyl (C=O) groups is 1. The van der Waals surface area contributed by atoms with Crippen LogP contribution in [0.4, 0.5) is 5.69 Å². The third kappa shape index (κ3) is 2.56. The average Bonchev–Trinajstić information content (AvgIpc) is 2.41. The van der Waals surface area contributed by atoms with E-state index in [4.69, 9.17) is 5.73 Å². The summed E-state index contributed by atoms with van der Waals surface area (Å²) in [5.41, 5.74) is 7.27. The first-order valence-corrected chi connectivity index (χ1v) is 6.74. The molecule has 1 aliphatic heterocycles. The fourth-order valence-electron chi connectivity index (χ4n) is 2.34. The number of nitrogens with zero attached hydrogens (tertiary/aromatic N) is 2. The molecule has 1 atom stereocenters. The van der Waals surface area contributed by atoms with Crippen molar-refractivity contribution >= 4 is 11.6 Å². The van der Waals surface area contributed by atoms with Gasteiger partial charge in [0, 0.05) is 19.1 Å². The Balaban J connectivity index is 2.24. The zero-order valence-electron chi connectivity index (χ0n) is 11.8. The maximum atomic E-state index is 11.9. The standard InChI is InChI=1S/C14H22N4O/c1-4-11(15)12-6-5-10(9-17-12)18-8-7-16-13(19)14(18,2)3/h5-6,9,11H,4,7-8,15H2,1-3H3,(H,16,19)/t11-/m0/s1. The lowest BCUT2D eigenvalue weighted by molar-refractivity contribution is -0.126. The number of hydrogen-bond acceptors (Lipinski definition) is 4. The summed E-state index contributed by atoms with van der Waals surface area (Å²) in [6.07, 6.45) is 2.68. The number of piperazine rings is 1. The Kier molecular flexibility index (Phi) is 3.75. The van der Waals surface area contributed by atoms with E-state index in [0.717, 1.165) is 24.3 Å². The van der Waals surface area contributed by atoms with E-state index in [1.165, 1.54) is 0 Å². The lowest BCUT2D eigenvalue weighted by Gasteiger charge is -2.42. The van der Waals surface area contributed by atoms with Crippen LogP contribution >= 0.6 is 0 Å². The van der Waals surface area contributed by atoms with Gasteiger partial charge in [0.1, 0.15) is 5.54 Å². The quantitative estimate of drug-likeness (QED) is 0.859. The number of nitrogens with two attached hydrogens (primary N) is 1. The third-order valence-corrected chi connectivity index (χ3v) is 3.75. The van der Waals surface area contributed by atoms with Gasteiger partial charge in [0.25, 0.3) is 0 Å². The van der Waals surface area contributed by atoms with Gasteiger partial charge in [-0.3, -0.25) is 9.78 Å². The molecule has 0 aromatic carbocycles. The van der Waals surface area contributed by atoms with Gasteiger partial charge in [-0.15, -0.1) is 0 Å². The lowest BCUT2D eigenvalue weighted by Crippen LogP contribution is -2.62. The highest BCUT2D eigenvalue weighted by atomic mass is 16.2. The van der Waals surface area contributed by atoms with Crippen LogP contribution in [-0.4, -0.2) is 29.5 Å². The molecule has 19 heavy (non-hydrogen) atoms. The van der Waals surface area contributed by atoms with Gasteiger partial charge in [-0.1, -0.05) is 6.92 Å². The molecule has 3 N–H and O–H groups in total. The molecule has 1 aliphatic rings. The number of carbonyl (C=O) groups excluding carboxylic acids is 1. The minimum absolute atomic E-state index is 0.0216. The number of nitrogens with one attached hydrogen (secondary N) is 1. The summed E-state index contributed by atoms with van der Waals surface area (Å²) >= 11 is 0. The molecule has 0 bridgehead atoms. The van der Waals surface area contributed by atoms with E-state index >= 15 is 0 Å². The third-order valence-electron chi connectivity index (χ3n) is 3.75. The van der Waals surface area contributed by atoms with Crippen LogP contribution in [-0.2, 0) is 4.79 Å². The molecule has 0 saturated carbocycles. The van der Waals surface area contributed by atoms with E-state index in [2.05, 4.69) is 15.2 Å². The molecule has 5 heteroatoms. The monoisotopic (exact) mass is 262 g/mol. The second kappa shape index (κ2) is 5.17. The van der Waals surface area contributed by atoms with E-state index in [1.807, 2.05) is 39.1 Å². The molecular weight excluding hydrogens is 240 g/mol. The number of aromatic nitrogens is 1. The zero-order chi connectivity index (χ0) is 14.0. The van der Waals surface area contributed by atoms with Gasteiger partial charge >= 0.3 is 0 Å². The lowest BCUT2D eigenvalue weighted by atomic mass is 9.98. The van der Waals surface area contributed by atoms with Crippen molar-refractivity contribution in [2.45, 2.75) is 38.8 Å². The van der Waals surface area contributed by atoms with Gasteiger partial charge in [-0.05, 0) is 32.4 Å². The SMILES string of the molecule is CC[C@H](N)c1ccc(N2CCNC(=O)C2(C)C)cn1. The molecular formula is C14H22N4O. The number of pyridine rings is 1. The van der Waals surface area contributed by atoms with Gasteiger partial charge < -0.3 is 16.0 Å². The summed E-state index contributed by atoms with van der Waals surface area (Å²) in [4.78, 5) is 18.4. The predicted octanol–water partition coefficient (Wildman–Crippen LogP) is 1.21. The van der Waals surface area contributed by atoms with E-state index in [-0.39, 0.29) is 11.9 Å². The topological polar surface area (TPSA) is 71.2 Å². The van der Waals surface area contributed by atoms with Gasteiger partial charge in [-0.25, -0.2) is 0 Å². The number of anilines is 1. The molecule has 104 valence electrons. The summed E-state index contributed by atoms with van der Waals surface area (Å²) in [6.45, 7) is 7.34. The Labute approximate surface area is 114 Å². The van der Waals surface area contributed by atoms with Crippen LogP contribution in [0.1, 0.15) is 38.9 Å². The average molecular weight is 262 g/mol. The largest absolute Gasteiger partial charge is 0.354 e. The van der Waals surface area contributed by atoms with Gasteiger partial charge in [0.05, 0.1) is 17.6 Å². The highest BCUT2D eigenvalue weighted by Gasteiger charge is 2.37. The molecule has 1 amide bonds. The normalized spacial score (nSPS) is 20.0. The van der Waals surface area contributed by atoms with Crippen molar-refractivity contribution in [1.29, 1.82) is 0 Å². The number of amides is 1. The van der Waals surface area contributed by atoms with E-state index < -0.39 is 5.54 Å². The van der Waals surface area contributed by atoms with Crippen molar-refractivity contribution in [2.75, 3.05) is 18.0 Å². The molecule has 1 saturated heterocycles. The molecule has 0 spiro atoms. The minimum Gasteiger partial charge on any atom is -0.354 e. The van der Waals surface area contributed by atoms with Crippen molar-refractivity contribution in [2.24, 2.45) is 5.73 Å². The second-order valence-electron chi connectivity index (χ2n) is 5.42. The Morgan fingerprint density at radius 2 is 2.26 bits per heavy atom. The van der Waals surface area contributed by atoms with Crippen molar-refractivity contribution in [3.05, 3.63) is 24.0 Å². The van der Waals surface area contributed by atoms with Crippen LogP contribution in [0.2, 0.25) is 0 Å². The van der Waals surface area contributed by atoms with Crippen molar-refractivity contribution < 1.29 is 4.79 Å². The Bertz CT molecular complexity index is 455. The van der Waals surface area contributed by atoms with E-state index in [9.17, 15) is 4.79 Å². The Morgan fingerprint density at radius 1 is 1.53 bits per heavy atom. The summed E-state index contributed by atoms with van der Waals surface area (Å²) in [6, 6.07) is 3.93. The maximum Gasteiger partial charge on any atom is 0.245 e. The first kappa shape index (κ1) is 13.8. The predicted molar refractivity (Wildman–Crippen MR) is 75.9 cm³/mol. The van der Waals surface area contributed by atoms with Crippen LogP contribution in [0.15, 0.2) is 18.3 Å². The minimum atomic E-state index is -0.547. The molecule has 2 rings (SSSR count). The Morgan fingerprint density at radius 3 is 2.84 bits per heavy atom. The fourth-order valence-corrected chi connectivity index (χ4v) is 2.34. The second-order valence-corrected chi connectivity index (χ2v) is 5.42. The maximum absolute atomic E-state index is 11.9. The van der Waals surface area contributed by atoms with Crippen LogP contribution in [0.5, 0.6) is 0 Å². The first-order valence-electron chi connectivity index (χ1n) is 6.74. The summed E-state index contributed by atoms with van der Waals surface area (Å²) in [7, 11) is 0. The molecule has 0 unspecified atom stereocenters. The molecule has 1 fully saturated rings. The highest BCUT2D eigenvalue weighted by Crippen LogP contribution is 2.26. The van der Waals surface area contributed by atoms with E-state index in [1.54, 1.807) is 0 Å². The highest BCUT2D eigenvalue weighted by molar-refractivity contribution is 5.90. The molecule has 2 heterocycles. The molecule has 0 aliphatic carbocycles. The van der Waals surface area contributed by atoms with Crippen molar-refractivity contribution in [3.8, 4) is 0 Å². The smallest absolute Gasteiger partial charge is 0.245 e. The Hall–Kier alpha value is -1.62. The molecule has 1 aromatic heterocycles. The van der Waals surface area contributed by atoms with Gasteiger partial charge in [0.2, 0.25) is 5.91 Å². The fraction of sp³-hybridized carbons (Fsp3) is 0.571. The van der Waals surface area contributed by atoms with Crippen molar-refractivity contribution in [3.63, 3.8) is 0 Å². The van der Waals surface area contributed by atoms with Crippen molar-refractivity contribution in [1.82, 2.24) is 10.3 Å². The molecule has 1 aromatic rings. The van der Waals surface area contributed by atoms with E-state index in [0.29, 0.717) is 6.54 Å². The van der Waals surface area contributed by atoms with Crippen LogP contribution in [0.25, 0.3) is 0 Å². The molecule has 5 nitrogen and oxygen atoms in total.